The van der Waals surface area contributed by atoms with Crippen LogP contribution < -0.4 is 5.32 Å². The maximum Gasteiger partial charge on any atom is 0.0109 e. The maximum atomic E-state index is 3.44. The van der Waals surface area contributed by atoms with Gasteiger partial charge in [0.1, 0.15) is 0 Å². The zero-order chi connectivity index (χ0) is 10.9. The highest BCUT2D eigenvalue weighted by Crippen LogP contribution is 2.06. The summed E-state index contributed by atoms with van der Waals surface area (Å²) in [4.78, 5) is 5.01. The van der Waals surface area contributed by atoms with Gasteiger partial charge >= 0.3 is 0 Å². The molecule has 1 aliphatic rings. The van der Waals surface area contributed by atoms with Gasteiger partial charge in [-0.2, -0.15) is 0 Å². The van der Waals surface area contributed by atoms with E-state index >= 15 is 0 Å². The molecule has 1 heterocycles. The molecule has 1 fully saturated rings. The number of hydrogen-bond donors (Lipinski definition) is 1. The van der Waals surface area contributed by atoms with Gasteiger partial charge in [-0.3, -0.25) is 0 Å². The Morgan fingerprint density at radius 1 is 1.13 bits per heavy atom. The van der Waals surface area contributed by atoms with Crippen molar-refractivity contribution >= 4 is 0 Å². The summed E-state index contributed by atoms with van der Waals surface area (Å²) in [5.41, 5.74) is 0. The number of likely N-dealkylation sites (tertiary alicyclic amines) is 1. The van der Waals surface area contributed by atoms with E-state index < -0.39 is 0 Å². The second-order valence-corrected chi connectivity index (χ2v) is 4.60. The third-order valence-corrected chi connectivity index (χ3v) is 3.09. The molecule has 0 amide bonds. The zero-order valence-electron chi connectivity index (χ0n) is 10.5. The summed E-state index contributed by atoms with van der Waals surface area (Å²) in [7, 11) is 2.23. The highest BCUT2D eigenvalue weighted by molar-refractivity contribution is 4.67. The number of likely N-dealkylation sites (N-methyl/N-ethyl adjacent to an activating group) is 1. The van der Waals surface area contributed by atoms with Gasteiger partial charge in [-0.25, -0.2) is 0 Å². The molecule has 0 aromatic carbocycles. The van der Waals surface area contributed by atoms with E-state index in [1.165, 1.54) is 52.0 Å². The molecule has 15 heavy (non-hydrogen) atoms. The quantitative estimate of drug-likeness (QED) is 0.607. The number of nitrogens with one attached hydrogen (secondary N) is 1. The highest BCUT2D eigenvalue weighted by Gasteiger charge is 2.11. The van der Waals surface area contributed by atoms with E-state index in [0.717, 1.165) is 13.1 Å². The molecular weight excluding hydrogens is 186 g/mol. The van der Waals surface area contributed by atoms with E-state index in [1.807, 2.05) is 0 Å². The normalized spacial score (nSPS) is 17.8. The van der Waals surface area contributed by atoms with Gasteiger partial charge in [0.15, 0.2) is 0 Å². The van der Waals surface area contributed by atoms with Crippen LogP contribution in [-0.2, 0) is 0 Å². The van der Waals surface area contributed by atoms with Crippen LogP contribution in [0, 0.1) is 0 Å². The van der Waals surface area contributed by atoms with Crippen LogP contribution in [0.4, 0.5) is 0 Å². The Kier molecular flexibility index (Phi) is 6.98. The molecule has 1 rings (SSSR count). The van der Waals surface area contributed by atoms with Gasteiger partial charge in [0.25, 0.3) is 0 Å². The molecule has 90 valence electrons. The average molecular weight is 213 g/mol. The fourth-order valence-electron chi connectivity index (χ4n) is 2.00. The summed E-state index contributed by atoms with van der Waals surface area (Å²) in [6, 6.07) is 0. The zero-order valence-corrected chi connectivity index (χ0v) is 10.5. The SMILES string of the molecule is CCCNCCN(C)CCN1CCCC1. The minimum absolute atomic E-state index is 1.13. The summed E-state index contributed by atoms with van der Waals surface area (Å²) in [6.07, 6.45) is 4.04. The largest absolute Gasteiger partial charge is 0.315 e. The van der Waals surface area contributed by atoms with Crippen molar-refractivity contribution in [3.8, 4) is 0 Å². The second-order valence-electron chi connectivity index (χ2n) is 4.60. The van der Waals surface area contributed by atoms with E-state index in [2.05, 4.69) is 29.1 Å². The third kappa shape index (κ3) is 6.13. The Bertz CT molecular complexity index is 144. The lowest BCUT2D eigenvalue weighted by molar-refractivity contribution is 0.257. The predicted octanol–water partition coefficient (Wildman–Crippen LogP) is 1.01. The van der Waals surface area contributed by atoms with Crippen molar-refractivity contribution in [2.24, 2.45) is 0 Å². The molecule has 0 aromatic rings. The van der Waals surface area contributed by atoms with Crippen molar-refractivity contribution in [3.05, 3.63) is 0 Å². The first-order valence-corrected chi connectivity index (χ1v) is 6.44. The van der Waals surface area contributed by atoms with Gasteiger partial charge < -0.3 is 15.1 Å². The standard InChI is InChI=1S/C12H27N3/c1-3-6-13-7-10-14(2)11-12-15-8-4-5-9-15/h13H,3-12H2,1-2H3. The number of nitrogens with zero attached hydrogens (tertiary/aromatic N) is 2. The molecule has 0 radical (unpaired) electrons. The molecule has 3 heteroatoms. The van der Waals surface area contributed by atoms with Gasteiger partial charge in [0, 0.05) is 26.2 Å². The minimum atomic E-state index is 1.13. The van der Waals surface area contributed by atoms with Crippen LogP contribution in [-0.4, -0.2) is 62.7 Å². The van der Waals surface area contributed by atoms with Gasteiger partial charge in [0.05, 0.1) is 0 Å². The van der Waals surface area contributed by atoms with E-state index in [-0.39, 0.29) is 0 Å². The molecule has 1 N–H and O–H groups in total. The van der Waals surface area contributed by atoms with E-state index in [1.54, 1.807) is 0 Å². The average Bonchev–Trinajstić information content (AvgIpc) is 2.74. The molecule has 0 unspecified atom stereocenters. The van der Waals surface area contributed by atoms with Crippen LogP contribution in [0.5, 0.6) is 0 Å². The van der Waals surface area contributed by atoms with E-state index in [0.29, 0.717) is 0 Å². The molecule has 0 bridgehead atoms. The molecule has 0 aromatic heterocycles. The lowest BCUT2D eigenvalue weighted by Crippen LogP contribution is -2.35. The van der Waals surface area contributed by atoms with E-state index in [9.17, 15) is 0 Å². The van der Waals surface area contributed by atoms with Crippen molar-refractivity contribution in [2.75, 3.05) is 52.9 Å². The van der Waals surface area contributed by atoms with Crippen LogP contribution in [0.3, 0.4) is 0 Å². The Labute approximate surface area is 94.8 Å². The van der Waals surface area contributed by atoms with Crippen molar-refractivity contribution in [1.29, 1.82) is 0 Å². The lowest BCUT2D eigenvalue weighted by atomic mass is 10.4. The van der Waals surface area contributed by atoms with Crippen LogP contribution in [0.25, 0.3) is 0 Å². The molecule has 3 nitrogen and oxygen atoms in total. The monoisotopic (exact) mass is 213 g/mol. The van der Waals surface area contributed by atoms with Crippen molar-refractivity contribution in [1.82, 2.24) is 15.1 Å². The highest BCUT2D eigenvalue weighted by atomic mass is 15.2. The fraction of sp³-hybridized carbons (Fsp3) is 1.00. The van der Waals surface area contributed by atoms with Crippen LogP contribution in [0.2, 0.25) is 0 Å². The van der Waals surface area contributed by atoms with Crippen molar-refractivity contribution in [3.63, 3.8) is 0 Å². The first-order chi connectivity index (χ1) is 7.33. The van der Waals surface area contributed by atoms with Crippen molar-refractivity contribution in [2.45, 2.75) is 26.2 Å². The number of hydrogen-bond acceptors (Lipinski definition) is 3. The molecule has 1 saturated heterocycles. The molecule has 0 spiro atoms. The summed E-state index contributed by atoms with van der Waals surface area (Å²) in [5, 5.41) is 3.44. The van der Waals surface area contributed by atoms with Gasteiger partial charge in [-0.1, -0.05) is 6.92 Å². The molecular formula is C12H27N3. The Hall–Kier alpha value is -0.120. The van der Waals surface area contributed by atoms with Crippen molar-refractivity contribution < 1.29 is 0 Å². The Balaban J connectivity index is 1.90. The first-order valence-electron chi connectivity index (χ1n) is 6.44. The smallest absolute Gasteiger partial charge is 0.0109 e. The van der Waals surface area contributed by atoms with Gasteiger partial charge in [-0.05, 0) is 45.9 Å². The van der Waals surface area contributed by atoms with Crippen LogP contribution in [0.1, 0.15) is 26.2 Å². The third-order valence-electron chi connectivity index (χ3n) is 3.09. The molecule has 0 aliphatic carbocycles. The Morgan fingerprint density at radius 3 is 2.53 bits per heavy atom. The lowest BCUT2D eigenvalue weighted by Gasteiger charge is -2.21. The predicted molar refractivity (Wildman–Crippen MR) is 66.3 cm³/mol. The van der Waals surface area contributed by atoms with Gasteiger partial charge in [-0.15, -0.1) is 0 Å². The Morgan fingerprint density at radius 2 is 1.87 bits per heavy atom. The summed E-state index contributed by atoms with van der Waals surface area (Å²) < 4.78 is 0. The number of rotatable bonds is 8. The fourth-order valence-corrected chi connectivity index (χ4v) is 2.00. The molecule has 0 saturated carbocycles. The van der Waals surface area contributed by atoms with E-state index in [4.69, 9.17) is 0 Å². The maximum absolute atomic E-state index is 3.44. The summed E-state index contributed by atoms with van der Waals surface area (Å²) in [6.45, 7) is 10.8. The van der Waals surface area contributed by atoms with Crippen LogP contribution in [0.15, 0.2) is 0 Å². The summed E-state index contributed by atoms with van der Waals surface area (Å²) >= 11 is 0. The van der Waals surface area contributed by atoms with Gasteiger partial charge in [0.2, 0.25) is 0 Å². The van der Waals surface area contributed by atoms with Crippen LogP contribution >= 0.6 is 0 Å². The topological polar surface area (TPSA) is 18.5 Å². The molecule has 0 atom stereocenters. The summed E-state index contributed by atoms with van der Waals surface area (Å²) in [5.74, 6) is 0. The second kappa shape index (κ2) is 8.08. The minimum Gasteiger partial charge on any atom is -0.315 e. The molecule has 1 aliphatic heterocycles. The first kappa shape index (κ1) is 12.9.